The Kier molecular flexibility index (Phi) is 7.23. The molecule has 8 heteroatoms. The molecular formula is C24H24N2O5S. The van der Waals surface area contributed by atoms with Crippen LogP contribution in [-0.2, 0) is 0 Å². The van der Waals surface area contributed by atoms with E-state index in [1.807, 2.05) is 25.1 Å². The van der Waals surface area contributed by atoms with Gasteiger partial charge in [-0.2, -0.15) is 5.26 Å². The van der Waals surface area contributed by atoms with Crippen LogP contribution in [0.3, 0.4) is 0 Å². The molecule has 1 aromatic heterocycles. The first-order chi connectivity index (χ1) is 15.5. The number of aliphatic imine (C=N–C) groups is 1. The summed E-state index contributed by atoms with van der Waals surface area (Å²) in [7, 11) is 7.86. The Morgan fingerprint density at radius 2 is 1.47 bits per heavy atom. The third-order valence-corrected chi connectivity index (χ3v) is 6.15. The Balaban J connectivity index is 2.04. The lowest BCUT2D eigenvalue weighted by molar-refractivity contribution is 0.324. The highest BCUT2D eigenvalue weighted by atomic mass is 32.1. The largest absolute Gasteiger partial charge is 0.493 e. The Morgan fingerprint density at radius 1 is 0.844 bits per heavy atom. The van der Waals surface area contributed by atoms with Crippen LogP contribution in [0.25, 0.3) is 10.4 Å². The number of nitrogens with zero attached hydrogens (tertiary/aromatic N) is 2. The summed E-state index contributed by atoms with van der Waals surface area (Å²) < 4.78 is 26.9. The van der Waals surface area contributed by atoms with Gasteiger partial charge in [0.25, 0.3) is 0 Å². The van der Waals surface area contributed by atoms with Crippen molar-refractivity contribution in [2.45, 2.75) is 6.92 Å². The molecule has 0 amide bonds. The van der Waals surface area contributed by atoms with Crippen LogP contribution in [0, 0.1) is 18.3 Å². The molecule has 166 valence electrons. The molecule has 2 aromatic carbocycles. The second kappa shape index (κ2) is 10.1. The van der Waals surface area contributed by atoms with Gasteiger partial charge < -0.3 is 23.7 Å². The van der Waals surface area contributed by atoms with Crippen LogP contribution in [0.5, 0.6) is 28.7 Å². The average Bonchev–Trinajstić information content (AvgIpc) is 3.16. The second-order valence-corrected chi connectivity index (χ2v) is 7.63. The maximum Gasteiger partial charge on any atom is 0.203 e. The van der Waals surface area contributed by atoms with Gasteiger partial charge in [0.05, 0.1) is 41.1 Å². The van der Waals surface area contributed by atoms with E-state index in [9.17, 15) is 5.26 Å². The maximum absolute atomic E-state index is 9.75. The lowest BCUT2D eigenvalue weighted by atomic mass is 10.1. The molecule has 0 aliphatic carbocycles. The Hall–Kier alpha value is -3.70. The van der Waals surface area contributed by atoms with Crippen molar-refractivity contribution in [3.8, 4) is 45.3 Å². The van der Waals surface area contributed by atoms with Crippen LogP contribution >= 0.6 is 11.3 Å². The van der Waals surface area contributed by atoms with E-state index in [1.54, 1.807) is 53.9 Å². The van der Waals surface area contributed by atoms with E-state index < -0.39 is 0 Å². The van der Waals surface area contributed by atoms with E-state index in [1.165, 1.54) is 11.3 Å². The van der Waals surface area contributed by atoms with Gasteiger partial charge in [0.2, 0.25) is 5.75 Å². The SMILES string of the molecule is COc1ccc(-c2sc(N=Cc3cc(OC)c(OC)c(OC)c3)c(C#N)c2C)cc1OC. The summed E-state index contributed by atoms with van der Waals surface area (Å²) in [4.78, 5) is 5.54. The fourth-order valence-corrected chi connectivity index (χ4v) is 4.38. The number of methoxy groups -OCH3 is 5. The molecular weight excluding hydrogens is 428 g/mol. The average molecular weight is 453 g/mol. The molecule has 7 nitrogen and oxygen atoms in total. The fraction of sp³-hybridized carbons (Fsp3) is 0.250. The highest BCUT2D eigenvalue weighted by Crippen LogP contribution is 2.43. The van der Waals surface area contributed by atoms with Crippen LogP contribution in [0.15, 0.2) is 35.3 Å². The molecule has 0 aliphatic rings. The normalized spacial score (nSPS) is 10.7. The third-order valence-electron chi connectivity index (χ3n) is 4.90. The standard InChI is InChI=1S/C24H24N2O5S/c1-14-17(12-25)24(32-23(14)16-7-8-18(27-2)19(11-16)28-3)26-13-15-9-20(29-4)22(31-6)21(10-15)30-5/h7-11,13H,1-6H3. The molecule has 0 radical (unpaired) electrons. The summed E-state index contributed by atoms with van der Waals surface area (Å²) in [6.45, 7) is 1.92. The Morgan fingerprint density at radius 3 is 2.00 bits per heavy atom. The van der Waals surface area contributed by atoms with Crippen LogP contribution in [-0.4, -0.2) is 41.8 Å². The second-order valence-electron chi connectivity index (χ2n) is 6.63. The van der Waals surface area contributed by atoms with E-state index in [4.69, 9.17) is 23.7 Å². The molecule has 3 rings (SSSR count). The third kappa shape index (κ3) is 4.34. The number of thiophene rings is 1. The van der Waals surface area contributed by atoms with Gasteiger partial charge in [-0.25, -0.2) is 4.99 Å². The van der Waals surface area contributed by atoms with Crippen molar-refractivity contribution in [3.63, 3.8) is 0 Å². The van der Waals surface area contributed by atoms with E-state index in [2.05, 4.69) is 11.1 Å². The molecule has 3 aromatic rings. The fourth-order valence-electron chi connectivity index (χ4n) is 3.28. The number of ether oxygens (including phenoxy) is 5. The zero-order valence-corrected chi connectivity index (χ0v) is 19.6. The maximum atomic E-state index is 9.75. The molecule has 0 aliphatic heterocycles. The van der Waals surface area contributed by atoms with E-state index >= 15 is 0 Å². The van der Waals surface area contributed by atoms with Crippen LogP contribution in [0.2, 0.25) is 0 Å². The first-order valence-corrected chi connectivity index (χ1v) is 10.4. The Labute approximate surface area is 191 Å². The van der Waals surface area contributed by atoms with Crippen molar-refractivity contribution in [2.24, 2.45) is 4.99 Å². The van der Waals surface area contributed by atoms with Crippen molar-refractivity contribution in [1.82, 2.24) is 0 Å². The van der Waals surface area contributed by atoms with Gasteiger partial charge in [-0.1, -0.05) is 0 Å². The van der Waals surface area contributed by atoms with Crippen molar-refractivity contribution in [2.75, 3.05) is 35.5 Å². The van der Waals surface area contributed by atoms with Gasteiger partial charge in [-0.15, -0.1) is 11.3 Å². The summed E-state index contributed by atoms with van der Waals surface area (Å²) in [5.74, 6) is 2.84. The topological polar surface area (TPSA) is 82.3 Å². The molecule has 0 saturated carbocycles. The van der Waals surface area contributed by atoms with Crippen molar-refractivity contribution >= 4 is 22.6 Å². The van der Waals surface area contributed by atoms with E-state index in [-0.39, 0.29) is 0 Å². The summed E-state index contributed by atoms with van der Waals surface area (Å²) in [5.41, 5.74) is 3.07. The minimum atomic E-state index is 0.507. The monoisotopic (exact) mass is 452 g/mol. The lowest BCUT2D eigenvalue weighted by Gasteiger charge is -2.12. The summed E-state index contributed by atoms with van der Waals surface area (Å²) in [6.07, 6.45) is 1.68. The summed E-state index contributed by atoms with van der Waals surface area (Å²) in [6, 6.07) is 11.6. The number of hydrogen-bond donors (Lipinski definition) is 0. The summed E-state index contributed by atoms with van der Waals surface area (Å²) in [5, 5.41) is 10.4. The van der Waals surface area contributed by atoms with Gasteiger partial charge >= 0.3 is 0 Å². The highest BCUT2D eigenvalue weighted by Gasteiger charge is 2.18. The molecule has 0 N–H and O–H groups in total. The van der Waals surface area contributed by atoms with Crippen molar-refractivity contribution in [1.29, 1.82) is 5.26 Å². The predicted octanol–water partition coefficient (Wildman–Crippen LogP) is 5.39. The zero-order valence-electron chi connectivity index (χ0n) is 18.8. The number of hydrogen-bond acceptors (Lipinski definition) is 8. The van der Waals surface area contributed by atoms with E-state index in [0.717, 1.165) is 21.6 Å². The first kappa shape index (κ1) is 23.0. The molecule has 0 unspecified atom stereocenters. The molecule has 32 heavy (non-hydrogen) atoms. The smallest absolute Gasteiger partial charge is 0.203 e. The van der Waals surface area contributed by atoms with E-state index in [0.29, 0.717) is 39.3 Å². The van der Waals surface area contributed by atoms with Gasteiger partial charge in [-0.05, 0) is 48.4 Å². The molecule has 0 saturated heterocycles. The van der Waals surface area contributed by atoms with Crippen molar-refractivity contribution in [3.05, 3.63) is 47.0 Å². The van der Waals surface area contributed by atoms with Gasteiger partial charge in [0, 0.05) is 16.7 Å². The number of benzene rings is 2. The Bertz CT molecular complexity index is 1170. The van der Waals surface area contributed by atoms with Crippen LogP contribution in [0.4, 0.5) is 5.00 Å². The van der Waals surface area contributed by atoms with Gasteiger partial charge in [-0.3, -0.25) is 0 Å². The van der Waals surface area contributed by atoms with Crippen molar-refractivity contribution < 1.29 is 23.7 Å². The predicted molar refractivity (Wildman–Crippen MR) is 126 cm³/mol. The minimum Gasteiger partial charge on any atom is -0.493 e. The minimum absolute atomic E-state index is 0.507. The number of nitriles is 1. The van der Waals surface area contributed by atoms with Gasteiger partial charge in [0.15, 0.2) is 23.0 Å². The van der Waals surface area contributed by atoms with Gasteiger partial charge in [0.1, 0.15) is 11.1 Å². The molecule has 0 spiro atoms. The van der Waals surface area contributed by atoms with Crippen LogP contribution < -0.4 is 23.7 Å². The quantitative estimate of drug-likeness (QED) is 0.426. The molecule has 0 bridgehead atoms. The molecule has 0 atom stereocenters. The lowest BCUT2D eigenvalue weighted by Crippen LogP contribution is -1.96. The molecule has 0 fully saturated rings. The number of rotatable bonds is 8. The molecule has 1 heterocycles. The highest BCUT2D eigenvalue weighted by molar-refractivity contribution is 7.19. The zero-order chi connectivity index (χ0) is 23.3. The first-order valence-electron chi connectivity index (χ1n) is 9.61. The summed E-state index contributed by atoms with van der Waals surface area (Å²) >= 11 is 1.44. The van der Waals surface area contributed by atoms with Crippen LogP contribution in [0.1, 0.15) is 16.7 Å².